The van der Waals surface area contributed by atoms with Gasteiger partial charge >= 0.3 is 5.97 Å². The molecule has 3 rings (SSSR count). The fourth-order valence-electron chi connectivity index (χ4n) is 7.84. The Morgan fingerprint density at radius 1 is 1.04 bits per heavy atom. The molecule has 2 saturated heterocycles. The van der Waals surface area contributed by atoms with E-state index >= 15 is 0 Å². The van der Waals surface area contributed by atoms with E-state index in [9.17, 15) is 39.1 Å². The van der Waals surface area contributed by atoms with Crippen molar-refractivity contribution in [1.82, 2.24) is 15.5 Å². The van der Waals surface area contributed by atoms with E-state index in [0.29, 0.717) is 13.0 Å². The van der Waals surface area contributed by atoms with Crippen LogP contribution in [0.25, 0.3) is 0 Å². The van der Waals surface area contributed by atoms with Crippen molar-refractivity contribution in [3.63, 3.8) is 0 Å². The molecule has 2 aliphatic heterocycles. The number of ether oxygens (including phenoxy) is 3. The Hall–Kier alpha value is -1.85. The molecule has 0 spiro atoms. The third-order valence-electron chi connectivity index (χ3n) is 11.1. The Kier molecular flexibility index (Phi) is 15.0. The van der Waals surface area contributed by atoms with Crippen LogP contribution in [0.4, 0.5) is 8.78 Å². The number of halogens is 2. The van der Waals surface area contributed by atoms with Crippen LogP contribution in [0, 0.1) is 29.4 Å². The number of likely N-dealkylation sites (N-methyl/N-ethyl adjacent to an activating group) is 1. The molecule has 2 aliphatic rings. The predicted molar refractivity (Wildman–Crippen MR) is 187 cm³/mol. The summed E-state index contributed by atoms with van der Waals surface area (Å²) in [6.07, 6.45) is -5.63. The van der Waals surface area contributed by atoms with Crippen molar-refractivity contribution in [3.8, 4) is 0 Å². The number of nitrogens with one attached hydrogen (secondary N) is 2. The second-order valence-corrected chi connectivity index (χ2v) is 15.9. The molecule has 51 heavy (non-hydrogen) atoms. The van der Waals surface area contributed by atoms with E-state index in [-0.39, 0.29) is 49.6 Å². The zero-order valence-electron chi connectivity index (χ0n) is 31.9. The predicted octanol–water partition coefficient (Wildman–Crippen LogP) is 2.07. The number of hydrogen-bond acceptors (Lipinski definition) is 12. The smallest absolute Gasteiger partial charge is 0.312 e. The van der Waals surface area contributed by atoms with Crippen LogP contribution in [-0.2, 0) is 25.5 Å². The van der Waals surface area contributed by atoms with Gasteiger partial charge in [-0.05, 0) is 98.1 Å². The van der Waals surface area contributed by atoms with Crippen molar-refractivity contribution in [3.05, 3.63) is 35.4 Å². The van der Waals surface area contributed by atoms with Gasteiger partial charge in [0.05, 0.1) is 29.3 Å². The molecule has 0 aromatic heterocycles. The lowest BCUT2D eigenvalue weighted by molar-refractivity contribution is -0.304. The quantitative estimate of drug-likeness (QED) is 0.195. The molecule has 1 unspecified atom stereocenters. The number of hydrogen-bond donors (Lipinski definition) is 7. The lowest BCUT2D eigenvalue weighted by atomic mass is 9.70. The minimum absolute atomic E-state index is 0.0844. The number of aliphatic hydroxyl groups excluding tert-OH is 2. The summed E-state index contributed by atoms with van der Waals surface area (Å²) in [7, 11) is 3.67. The summed E-state index contributed by atoms with van der Waals surface area (Å²) in [5.74, 6) is -5.09. The third kappa shape index (κ3) is 10.4. The molecule has 1 aromatic carbocycles. The number of rotatable bonds is 8. The summed E-state index contributed by atoms with van der Waals surface area (Å²) >= 11 is 0. The summed E-state index contributed by atoms with van der Waals surface area (Å²) in [6.45, 7) is 13.1. The van der Waals surface area contributed by atoms with Crippen molar-refractivity contribution in [2.45, 2.75) is 147 Å². The topological polar surface area (TPSA) is 173 Å². The van der Waals surface area contributed by atoms with Crippen molar-refractivity contribution >= 4 is 5.97 Å². The normalized spacial score (nSPS) is 42.2. The zero-order valence-corrected chi connectivity index (χ0v) is 31.9. The highest BCUT2D eigenvalue weighted by atomic mass is 19.1. The fourth-order valence-corrected chi connectivity index (χ4v) is 7.84. The van der Waals surface area contributed by atoms with Crippen molar-refractivity contribution in [2.24, 2.45) is 17.8 Å². The van der Waals surface area contributed by atoms with Gasteiger partial charge in [-0.3, -0.25) is 4.79 Å². The van der Waals surface area contributed by atoms with Crippen LogP contribution in [0.2, 0.25) is 0 Å². The molecular formula is C37H63F2N3O9. The Morgan fingerprint density at radius 2 is 1.65 bits per heavy atom. The first-order chi connectivity index (χ1) is 23.5. The number of aliphatic hydroxyl groups is 5. The SMILES string of the molecule is CC[C@H]1OC(=O)C(C)[C@@](O)(CNCc2cc(F)cc(F)c2)[C@H](C)[C@@H](O[C@@H]2O[C@H](C)C[C@H](N(C)C)[C@H]2O)[C@@](C)(O)C[C@@H](C)CN[C@H](C)[C@@H](O)[C@]1(C)O. The molecule has 0 amide bonds. The fraction of sp³-hybridized carbons (Fsp3) is 0.811. The number of esters is 1. The van der Waals surface area contributed by atoms with Crippen LogP contribution in [0.3, 0.4) is 0 Å². The van der Waals surface area contributed by atoms with Gasteiger partial charge in [0.1, 0.15) is 35.5 Å². The first kappa shape index (κ1) is 43.6. The molecule has 0 bridgehead atoms. The second kappa shape index (κ2) is 17.5. The number of carbonyl (C=O) groups excluding carboxylic acids is 1. The summed E-state index contributed by atoms with van der Waals surface area (Å²) in [6, 6.07) is 2.06. The Bertz CT molecular complexity index is 1270. The van der Waals surface area contributed by atoms with E-state index in [1.54, 1.807) is 27.7 Å². The third-order valence-corrected chi connectivity index (χ3v) is 11.1. The number of nitrogens with zero attached hydrogens (tertiary/aromatic N) is 1. The molecule has 294 valence electrons. The molecule has 0 radical (unpaired) electrons. The van der Waals surface area contributed by atoms with Crippen LogP contribution < -0.4 is 10.6 Å². The van der Waals surface area contributed by atoms with E-state index in [4.69, 9.17) is 14.2 Å². The van der Waals surface area contributed by atoms with E-state index in [2.05, 4.69) is 10.6 Å². The van der Waals surface area contributed by atoms with Gasteiger partial charge in [-0.2, -0.15) is 0 Å². The summed E-state index contributed by atoms with van der Waals surface area (Å²) in [5.41, 5.74) is -5.39. The van der Waals surface area contributed by atoms with E-state index in [1.165, 1.54) is 13.8 Å². The van der Waals surface area contributed by atoms with Crippen LogP contribution in [0.1, 0.15) is 80.2 Å². The first-order valence-electron chi connectivity index (χ1n) is 18.1. The Labute approximate surface area is 301 Å². The molecule has 2 heterocycles. The molecule has 1 aromatic rings. The zero-order chi connectivity index (χ0) is 38.6. The minimum atomic E-state index is -2.07. The standard InChI is InChI=1S/C37H63F2N3O9/c1-11-29-36(8,47)31(44)24(6)41-17-20(2)16-35(7,46)32(51-34-30(43)28(42(9)10)12-21(3)49-34)22(4)37(48,23(5)33(45)50-29)19-40-18-25-13-26(38)15-27(39)14-25/h13-15,20-24,28-32,34,40-41,43-44,46-48H,11-12,16-19H2,1-10H3/t20-,21-,22-,23?,24-,28+,29-,30-,31-,32-,34+,35+,36-,37-/m1/s1. The molecule has 2 fully saturated rings. The molecule has 14 heteroatoms. The Morgan fingerprint density at radius 3 is 2.22 bits per heavy atom. The van der Waals surface area contributed by atoms with E-state index in [1.807, 2.05) is 32.8 Å². The molecule has 12 nitrogen and oxygen atoms in total. The highest BCUT2D eigenvalue weighted by Crippen LogP contribution is 2.40. The Balaban J connectivity index is 2.14. The lowest BCUT2D eigenvalue weighted by Crippen LogP contribution is -2.64. The number of benzene rings is 1. The first-order valence-corrected chi connectivity index (χ1v) is 18.1. The van der Waals surface area contributed by atoms with Gasteiger partial charge in [0.25, 0.3) is 0 Å². The van der Waals surface area contributed by atoms with Crippen LogP contribution in [-0.4, -0.2) is 129 Å². The maximum Gasteiger partial charge on any atom is 0.312 e. The van der Waals surface area contributed by atoms with Crippen LogP contribution in [0.5, 0.6) is 0 Å². The second-order valence-electron chi connectivity index (χ2n) is 15.9. The molecular weight excluding hydrogens is 668 g/mol. The number of carbonyl (C=O) groups is 1. The minimum Gasteiger partial charge on any atom is -0.459 e. The molecule has 14 atom stereocenters. The van der Waals surface area contributed by atoms with Gasteiger partial charge in [-0.25, -0.2) is 8.78 Å². The summed E-state index contributed by atoms with van der Waals surface area (Å²) < 4.78 is 46.5. The van der Waals surface area contributed by atoms with Crippen LogP contribution >= 0.6 is 0 Å². The van der Waals surface area contributed by atoms with Gasteiger partial charge in [0.2, 0.25) is 0 Å². The summed E-state index contributed by atoms with van der Waals surface area (Å²) in [4.78, 5) is 15.9. The van der Waals surface area contributed by atoms with Crippen molar-refractivity contribution in [1.29, 1.82) is 0 Å². The maximum atomic E-state index is 14.0. The monoisotopic (exact) mass is 731 g/mol. The molecule has 0 saturated carbocycles. The van der Waals surface area contributed by atoms with Gasteiger partial charge in [0, 0.05) is 37.2 Å². The van der Waals surface area contributed by atoms with Crippen molar-refractivity contribution in [2.75, 3.05) is 27.2 Å². The maximum absolute atomic E-state index is 14.0. The highest BCUT2D eigenvalue weighted by Gasteiger charge is 2.54. The van der Waals surface area contributed by atoms with E-state index < -0.39 is 83.0 Å². The van der Waals surface area contributed by atoms with E-state index in [0.717, 1.165) is 18.2 Å². The summed E-state index contributed by atoms with van der Waals surface area (Å²) in [5, 5.41) is 65.5. The average molecular weight is 732 g/mol. The highest BCUT2D eigenvalue weighted by molar-refractivity contribution is 5.74. The van der Waals surface area contributed by atoms with Crippen LogP contribution in [0.15, 0.2) is 18.2 Å². The van der Waals surface area contributed by atoms with Gasteiger partial charge < -0.3 is 55.3 Å². The largest absolute Gasteiger partial charge is 0.459 e. The van der Waals surface area contributed by atoms with Gasteiger partial charge in [-0.15, -0.1) is 0 Å². The van der Waals surface area contributed by atoms with Crippen molar-refractivity contribution < 1.29 is 53.3 Å². The lowest BCUT2D eigenvalue weighted by Gasteiger charge is -2.49. The molecule has 0 aliphatic carbocycles. The average Bonchev–Trinajstić information content (AvgIpc) is 3.03. The number of cyclic esters (lactones) is 1. The van der Waals surface area contributed by atoms with Gasteiger partial charge in [-0.1, -0.05) is 20.8 Å². The van der Waals surface area contributed by atoms with Gasteiger partial charge in [0.15, 0.2) is 6.29 Å². The molecule has 7 N–H and O–H groups in total.